The molecule has 2 aliphatic rings. The van der Waals surface area contributed by atoms with E-state index < -0.39 is 0 Å². The molecule has 2 aromatic rings. The number of fused-ring (bicyclic) bond motifs is 1. The Morgan fingerprint density at radius 1 is 1.19 bits per heavy atom. The first-order chi connectivity index (χ1) is 17.0. The van der Waals surface area contributed by atoms with Crippen molar-refractivity contribution in [2.45, 2.75) is 63.0 Å². The second-order valence-corrected chi connectivity index (χ2v) is 12.4. The number of rotatable bonds is 7. The Hall–Kier alpha value is -1.79. The average Bonchev–Trinajstić information content (AvgIpc) is 2.81. The van der Waals surface area contributed by atoms with Crippen molar-refractivity contribution in [1.82, 2.24) is 5.32 Å². The molecule has 1 aliphatic carbocycles. The van der Waals surface area contributed by atoms with Crippen LogP contribution >= 0.6 is 23.2 Å². The van der Waals surface area contributed by atoms with E-state index in [1.54, 1.807) is 18.2 Å². The number of methoxy groups -OCH3 is 1. The molecule has 36 heavy (non-hydrogen) atoms. The van der Waals surface area contributed by atoms with Crippen LogP contribution in [0.25, 0.3) is 0 Å². The molecule has 1 heterocycles. The van der Waals surface area contributed by atoms with Gasteiger partial charge in [-0.15, -0.1) is 0 Å². The van der Waals surface area contributed by atoms with Crippen LogP contribution in [0.3, 0.4) is 0 Å². The lowest BCUT2D eigenvalue weighted by Crippen LogP contribution is -2.72. The lowest BCUT2D eigenvalue weighted by molar-refractivity contribution is -0.926. The van der Waals surface area contributed by atoms with Gasteiger partial charge in [0.25, 0.3) is 0 Å². The van der Waals surface area contributed by atoms with E-state index in [4.69, 9.17) is 27.9 Å². The van der Waals surface area contributed by atoms with Gasteiger partial charge >= 0.3 is 0 Å². The zero-order chi connectivity index (χ0) is 26.1. The second kappa shape index (κ2) is 10.5. The third-order valence-corrected chi connectivity index (χ3v) is 9.13. The standard InChI is InChI=1S/C29H38Cl2N2O3/c1-20(2)18-33(3)13-12-28(22-6-5-7-24(34)16-22)17-23(10-11-29(28,19-33)36-4)32-27(35)15-21-8-9-25(30)26(31)14-21/h5-9,14,16,20,23H,10-13,15,17-19H2,1-4H3,(H-,32,34,35)/p+1/t23-,28+,29?,33-/m0/s1. The van der Waals surface area contributed by atoms with Gasteiger partial charge in [-0.25, -0.2) is 0 Å². The Bertz CT molecular complexity index is 1110. The highest BCUT2D eigenvalue weighted by Crippen LogP contribution is 2.55. The van der Waals surface area contributed by atoms with Crippen molar-refractivity contribution in [3.8, 4) is 5.75 Å². The molecule has 0 spiro atoms. The monoisotopic (exact) mass is 533 g/mol. The number of phenolic OH excluding ortho intramolecular Hbond substituents is 1. The fourth-order valence-electron chi connectivity index (χ4n) is 7.04. The van der Waals surface area contributed by atoms with Gasteiger partial charge in [-0.2, -0.15) is 0 Å². The van der Waals surface area contributed by atoms with Crippen molar-refractivity contribution in [3.05, 3.63) is 63.6 Å². The van der Waals surface area contributed by atoms with Crippen molar-refractivity contribution < 1.29 is 19.1 Å². The van der Waals surface area contributed by atoms with E-state index >= 15 is 0 Å². The third kappa shape index (κ3) is 5.40. The molecule has 1 saturated carbocycles. The smallest absolute Gasteiger partial charge is 0.224 e. The number of likely N-dealkylation sites (tertiary alicyclic amines) is 1. The topological polar surface area (TPSA) is 58.6 Å². The molecule has 1 saturated heterocycles. The minimum atomic E-state index is -0.367. The molecule has 2 N–H and O–H groups in total. The zero-order valence-corrected chi connectivity index (χ0v) is 23.3. The number of halogens is 2. The maximum absolute atomic E-state index is 13.0. The molecule has 4 atom stereocenters. The summed E-state index contributed by atoms with van der Waals surface area (Å²) in [6.07, 6.45) is 3.67. The summed E-state index contributed by atoms with van der Waals surface area (Å²) in [5.74, 6) is 0.836. The van der Waals surface area contributed by atoms with Gasteiger partial charge in [-0.1, -0.05) is 55.2 Å². The van der Waals surface area contributed by atoms with Crippen molar-refractivity contribution in [2.24, 2.45) is 5.92 Å². The fraction of sp³-hybridized carbons (Fsp3) is 0.552. The van der Waals surface area contributed by atoms with Gasteiger partial charge in [0.15, 0.2) is 0 Å². The number of benzene rings is 2. The van der Waals surface area contributed by atoms with Crippen LogP contribution in [0.1, 0.15) is 50.7 Å². The summed E-state index contributed by atoms with van der Waals surface area (Å²) >= 11 is 12.2. The van der Waals surface area contributed by atoms with Crippen molar-refractivity contribution in [2.75, 3.05) is 33.8 Å². The largest absolute Gasteiger partial charge is 0.508 e. The Labute approximate surface area is 225 Å². The van der Waals surface area contributed by atoms with Crippen LogP contribution < -0.4 is 5.32 Å². The first-order valence-electron chi connectivity index (χ1n) is 12.9. The summed E-state index contributed by atoms with van der Waals surface area (Å²) < 4.78 is 7.47. The van der Waals surface area contributed by atoms with Crippen molar-refractivity contribution >= 4 is 29.1 Å². The Kier molecular flexibility index (Phi) is 7.97. The summed E-state index contributed by atoms with van der Waals surface area (Å²) in [5, 5.41) is 14.6. The number of piperidine rings is 1. The van der Waals surface area contributed by atoms with E-state index in [1.807, 2.05) is 25.3 Å². The van der Waals surface area contributed by atoms with E-state index in [2.05, 4.69) is 32.3 Å². The van der Waals surface area contributed by atoms with Gasteiger partial charge in [0.05, 0.1) is 36.6 Å². The quantitative estimate of drug-likeness (QED) is 0.446. The Balaban J connectivity index is 1.61. The Morgan fingerprint density at radius 3 is 2.64 bits per heavy atom. The zero-order valence-electron chi connectivity index (χ0n) is 21.8. The number of amides is 1. The van der Waals surface area contributed by atoms with Crippen molar-refractivity contribution in [1.29, 1.82) is 0 Å². The summed E-state index contributed by atoms with van der Waals surface area (Å²) in [7, 11) is 4.18. The van der Waals surface area contributed by atoms with E-state index in [0.29, 0.717) is 16.0 Å². The number of phenols is 1. The third-order valence-electron chi connectivity index (χ3n) is 8.39. The minimum absolute atomic E-state index is 0.0212. The number of likely N-dealkylation sites (N-methyl/N-ethyl adjacent to an activating group) is 1. The molecule has 0 bridgehead atoms. The van der Waals surface area contributed by atoms with Crippen LogP contribution in [0.4, 0.5) is 0 Å². The van der Waals surface area contributed by atoms with Crippen LogP contribution in [-0.4, -0.2) is 60.9 Å². The number of carbonyl (C=O) groups is 1. The number of nitrogens with zero attached hydrogens (tertiary/aromatic N) is 1. The number of quaternary nitrogens is 1. The van der Waals surface area contributed by atoms with Gasteiger partial charge < -0.3 is 19.6 Å². The van der Waals surface area contributed by atoms with Gasteiger partial charge in [0, 0.05) is 30.9 Å². The number of aromatic hydroxyl groups is 1. The first kappa shape index (κ1) is 27.3. The normalized spacial score (nSPS) is 30.1. The van der Waals surface area contributed by atoms with E-state index in [9.17, 15) is 9.90 Å². The number of nitrogens with one attached hydrogen (secondary N) is 1. The minimum Gasteiger partial charge on any atom is -0.508 e. The molecule has 2 aromatic carbocycles. The molecule has 4 rings (SSSR count). The highest BCUT2D eigenvalue weighted by Gasteiger charge is 2.62. The molecule has 196 valence electrons. The van der Waals surface area contributed by atoms with Gasteiger partial charge in [-0.05, 0) is 54.7 Å². The number of hydrogen-bond donors (Lipinski definition) is 2. The molecule has 1 amide bonds. The van der Waals surface area contributed by atoms with Gasteiger partial charge in [0.1, 0.15) is 17.9 Å². The second-order valence-electron chi connectivity index (χ2n) is 11.6. The van der Waals surface area contributed by atoms with Crippen LogP contribution in [0.15, 0.2) is 42.5 Å². The van der Waals surface area contributed by atoms with Crippen molar-refractivity contribution in [3.63, 3.8) is 0 Å². The molecule has 5 nitrogen and oxygen atoms in total. The number of hydrogen-bond acceptors (Lipinski definition) is 3. The molecule has 1 unspecified atom stereocenters. The summed E-state index contributed by atoms with van der Waals surface area (Å²) in [4.78, 5) is 13.0. The maximum Gasteiger partial charge on any atom is 0.224 e. The van der Waals surface area contributed by atoms with Crippen LogP contribution in [0.5, 0.6) is 5.75 Å². The highest BCUT2D eigenvalue weighted by atomic mass is 35.5. The van der Waals surface area contributed by atoms with Gasteiger partial charge in [-0.3, -0.25) is 4.79 Å². The predicted octanol–water partition coefficient (Wildman–Crippen LogP) is 5.74. The summed E-state index contributed by atoms with van der Waals surface area (Å²) in [6.45, 7) is 7.61. The maximum atomic E-state index is 13.0. The molecule has 7 heteroatoms. The molecule has 1 aliphatic heterocycles. The molecule has 0 radical (unpaired) electrons. The SMILES string of the molecule is COC12CC[C@H](NC(=O)Cc3ccc(Cl)c(Cl)c3)C[C@@]1(c1cccc(O)c1)CC[N@@+](C)(CC(C)C)C2. The van der Waals surface area contributed by atoms with Gasteiger partial charge in [0.2, 0.25) is 5.91 Å². The molecule has 0 aromatic heterocycles. The lowest BCUT2D eigenvalue weighted by atomic mass is 9.54. The van der Waals surface area contributed by atoms with Crippen LogP contribution in [-0.2, 0) is 21.4 Å². The van der Waals surface area contributed by atoms with Crippen LogP contribution in [0.2, 0.25) is 10.0 Å². The summed E-state index contributed by atoms with van der Waals surface area (Å²) in [6, 6.07) is 13.0. The average molecular weight is 535 g/mol. The lowest BCUT2D eigenvalue weighted by Gasteiger charge is -2.61. The van der Waals surface area contributed by atoms with E-state index in [0.717, 1.165) is 60.9 Å². The number of ether oxygens (including phenoxy) is 1. The van der Waals surface area contributed by atoms with Crippen LogP contribution in [0, 0.1) is 5.92 Å². The fourth-order valence-corrected chi connectivity index (χ4v) is 7.36. The predicted molar refractivity (Wildman–Crippen MR) is 146 cm³/mol. The number of carbonyl (C=O) groups excluding carboxylic acids is 1. The van der Waals surface area contributed by atoms with E-state index in [1.165, 1.54) is 0 Å². The molecule has 2 fully saturated rings. The highest BCUT2D eigenvalue weighted by molar-refractivity contribution is 6.42. The molecular formula is C29H39Cl2N2O3+. The Morgan fingerprint density at radius 2 is 1.97 bits per heavy atom. The first-order valence-corrected chi connectivity index (χ1v) is 13.7. The van der Waals surface area contributed by atoms with E-state index in [-0.39, 0.29) is 35.1 Å². The summed E-state index contributed by atoms with van der Waals surface area (Å²) in [5.41, 5.74) is 1.28. The molecular weight excluding hydrogens is 495 g/mol.